The standard InChI is InChI=1S/C13H11F5O2/c14-12(15,8-2-1-3-8)9-4-7(11(19)20)5-10(6-9)13(16,17)18/h4-6,8H,1-3H2,(H,19,20). The number of benzene rings is 1. The highest BCUT2D eigenvalue weighted by atomic mass is 19.4. The van der Waals surface area contributed by atoms with Crippen molar-refractivity contribution in [3.05, 3.63) is 34.9 Å². The maximum Gasteiger partial charge on any atom is 0.416 e. The molecule has 0 aromatic heterocycles. The average Bonchev–Trinajstić information content (AvgIpc) is 2.24. The van der Waals surface area contributed by atoms with Gasteiger partial charge in [0.05, 0.1) is 11.1 Å². The Balaban J connectivity index is 2.52. The Morgan fingerprint density at radius 1 is 1.05 bits per heavy atom. The van der Waals surface area contributed by atoms with Crippen molar-refractivity contribution in [3.8, 4) is 0 Å². The van der Waals surface area contributed by atoms with E-state index in [9.17, 15) is 26.7 Å². The van der Waals surface area contributed by atoms with Gasteiger partial charge in [0.2, 0.25) is 0 Å². The van der Waals surface area contributed by atoms with Crippen LogP contribution in [0.3, 0.4) is 0 Å². The number of carbonyl (C=O) groups is 1. The molecule has 0 atom stereocenters. The van der Waals surface area contributed by atoms with Crippen molar-refractivity contribution < 1.29 is 31.9 Å². The first kappa shape index (κ1) is 14.7. The Labute approximate surface area is 111 Å². The number of carboxylic acid groups (broad SMARTS) is 1. The van der Waals surface area contributed by atoms with Crippen molar-refractivity contribution >= 4 is 5.97 Å². The summed E-state index contributed by atoms with van der Waals surface area (Å²) in [6, 6.07) is 1.32. The molecular weight excluding hydrogens is 283 g/mol. The molecule has 0 aliphatic heterocycles. The monoisotopic (exact) mass is 294 g/mol. The lowest BCUT2D eigenvalue weighted by molar-refractivity contribution is -0.138. The molecule has 1 aliphatic carbocycles. The molecule has 2 nitrogen and oxygen atoms in total. The lowest BCUT2D eigenvalue weighted by Gasteiger charge is -2.34. The molecule has 1 saturated carbocycles. The van der Waals surface area contributed by atoms with E-state index >= 15 is 0 Å². The van der Waals surface area contributed by atoms with Crippen molar-refractivity contribution in [1.82, 2.24) is 0 Å². The highest BCUT2D eigenvalue weighted by Gasteiger charge is 2.45. The van der Waals surface area contributed by atoms with E-state index in [-0.39, 0.29) is 12.8 Å². The van der Waals surface area contributed by atoms with Crippen LogP contribution in [0.15, 0.2) is 18.2 Å². The predicted octanol–water partition coefficient (Wildman–Crippen LogP) is 4.30. The van der Waals surface area contributed by atoms with Crippen molar-refractivity contribution in [3.63, 3.8) is 0 Å². The maximum atomic E-state index is 14.1. The second kappa shape index (κ2) is 4.71. The third kappa shape index (κ3) is 2.62. The molecular formula is C13H11F5O2. The summed E-state index contributed by atoms with van der Waals surface area (Å²) in [5, 5.41) is 8.76. The van der Waals surface area contributed by atoms with Crippen LogP contribution in [0.4, 0.5) is 22.0 Å². The van der Waals surface area contributed by atoms with Crippen LogP contribution in [0.5, 0.6) is 0 Å². The number of halogens is 5. The minimum atomic E-state index is -4.87. The first-order valence-electron chi connectivity index (χ1n) is 5.96. The molecule has 0 amide bonds. The van der Waals surface area contributed by atoms with Crippen LogP contribution in [-0.4, -0.2) is 11.1 Å². The molecule has 0 bridgehead atoms. The quantitative estimate of drug-likeness (QED) is 0.844. The van der Waals surface area contributed by atoms with Gasteiger partial charge in [-0.3, -0.25) is 0 Å². The number of rotatable bonds is 3. The van der Waals surface area contributed by atoms with Crippen molar-refractivity contribution in [2.75, 3.05) is 0 Å². The average molecular weight is 294 g/mol. The first-order chi connectivity index (χ1) is 9.12. The zero-order valence-corrected chi connectivity index (χ0v) is 10.2. The number of hydrogen-bond acceptors (Lipinski definition) is 1. The van der Waals surface area contributed by atoms with E-state index in [0.717, 1.165) is 0 Å². The highest BCUT2D eigenvalue weighted by Crippen LogP contribution is 2.47. The molecule has 0 radical (unpaired) electrons. The summed E-state index contributed by atoms with van der Waals surface area (Å²) in [6.45, 7) is 0. The fraction of sp³-hybridized carbons (Fsp3) is 0.462. The van der Waals surface area contributed by atoms with E-state index in [1.807, 2.05) is 0 Å². The topological polar surface area (TPSA) is 37.3 Å². The predicted molar refractivity (Wildman–Crippen MR) is 59.6 cm³/mol. The van der Waals surface area contributed by atoms with Gasteiger partial charge in [0, 0.05) is 11.5 Å². The summed E-state index contributed by atoms with van der Waals surface area (Å²) in [5.74, 6) is -6.13. The van der Waals surface area contributed by atoms with Gasteiger partial charge in [0.25, 0.3) is 5.92 Å². The summed E-state index contributed by atoms with van der Waals surface area (Å²) in [4.78, 5) is 10.8. The summed E-state index contributed by atoms with van der Waals surface area (Å²) in [7, 11) is 0. The van der Waals surface area contributed by atoms with Gasteiger partial charge in [-0.25, -0.2) is 13.6 Å². The van der Waals surface area contributed by atoms with Gasteiger partial charge in [-0.15, -0.1) is 0 Å². The van der Waals surface area contributed by atoms with E-state index in [4.69, 9.17) is 5.11 Å². The Morgan fingerprint density at radius 2 is 1.60 bits per heavy atom. The fourth-order valence-electron chi connectivity index (χ4n) is 2.11. The summed E-state index contributed by atoms with van der Waals surface area (Å²) in [5.41, 5.74) is -3.03. The minimum Gasteiger partial charge on any atom is -0.478 e. The molecule has 0 saturated heterocycles. The van der Waals surface area contributed by atoms with Crippen molar-refractivity contribution in [2.24, 2.45) is 5.92 Å². The van der Waals surface area contributed by atoms with Crippen LogP contribution in [0.1, 0.15) is 40.7 Å². The van der Waals surface area contributed by atoms with Gasteiger partial charge in [-0.1, -0.05) is 6.42 Å². The minimum absolute atomic E-state index is 0.228. The number of alkyl halides is 5. The molecule has 20 heavy (non-hydrogen) atoms. The van der Waals surface area contributed by atoms with E-state index in [0.29, 0.717) is 24.6 Å². The summed E-state index contributed by atoms with van der Waals surface area (Å²) in [6.07, 6.45) is -3.81. The summed E-state index contributed by atoms with van der Waals surface area (Å²) >= 11 is 0. The molecule has 1 fully saturated rings. The van der Waals surface area contributed by atoms with Crippen LogP contribution in [0.25, 0.3) is 0 Å². The summed E-state index contributed by atoms with van der Waals surface area (Å²) < 4.78 is 66.1. The zero-order valence-electron chi connectivity index (χ0n) is 10.2. The zero-order chi connectivity index (χ0) is 15.1. The molecule has 7 heteroatoms. The van der Waals surface area contributed by atoms with Gasteiger partial charge in [-0.05, 0) is 31.0 Å². The number of aromatic carboxylic acids is 1. The van der Waals surface area contributed by atoms with E-state index < -0.39 is 40.7 Å². The molecule has 2 rings (SSSR count). The van der Waals surface area contributed by atoms with Crippen LogP contribution in [0, 0.1) is 5.92 Å². The second-order valence-electron chi connectivity index (χ2n) is 4.85. The largest absolute Gasteiger partial charge is 0.478 e. The molecule has 1 aliphatic rings. The fourth-order valence-corrected chi connectivity index (χ4v) is 2.11. The second-order valence-corrected chi connectivity index (χ2v) is 4.85. The molecule has 110 valence electrons. The molecule has 0 unspecified atom stereocenters. The smallest absolute Gasteiger partial charge is 0.416 e. The van der Waals surface area contributed by atoms with Gasteiger partial charge in [-0.2, -0.15) is 13.2 Å². The Morgan fingerprint density at radius 3 is 2.00 bits per heavy atom. The van der Waals surface area contributed by atoms with Crippen molar-refractivity contribution in [1.29, 1.82) is 0 Å². The van der Waals surface area contributed by atoms with Crippen LogP contribution >= 0.6 is 0 Å². The molecule has 1 aromatic rings. The number of hydrogen-bond donors (Lipinski definition) is 1. The lowest BCUT2D eigenvalue weighted by atomic mass is 9.77. The van der Waals surface area contributed by atoms with Gasteiger partial charge in [0.15, 0.2) is 0 Å². The first-order valence-corrected chi connectivity index (χ1v) is 5.96. The normalized spacial score (nSPS) is 16.9. The van der Waals surface area contributed by atoms with E-state index in [1.54, 1.807) is 0 Å². The molecule has 1 N–H and O–H groups in total. The maximum absolute atomic E-state index is 14.1. The SMILES string of the molecule is O=C(O)c1cc(C(F)(F)F)cc(C(F)(F)C2CCC2)c1. The van der Waals surface area contributed by atoms with Gasteiger partial charge in [0.1, 0.15) is 0 Å². The van der Waals surface area contributed by atoms with Gasteiger partial charge >= 0.3 is 12.1 Å². The van der Waals surface area contributed by atoms with Crippen LogP contribution < -0.4 is 0 Å². The molecule has 1 aromatic carbocycles. The molecule has 0 spiro atoms. The Kier molecular flexibility index (Phi) is 3.47. The van der Waals surface area contributed by atoms with E-state index in [1.165, 1.54) is 0 Å². The highest BCUT2D eigenvalue weighted by molar-refractivity contribution is 5.88. The Hall–Kier alpha value is -1.66. The van der Waals surface area contributed by atoms with Crippen LogP contribution in [-0.2, 0) is 12.1 Å². The van der Waals surface area contributed by atoms with Gasteiger partial charge < -0.3 is 5.11 Å². The lowest BCUT2D eigenvalue weighted by Crippen LogP contribution is -2.31. The number of carboxylic acids is 1. The van der Waals surface area contributed by atoms with E-state index in [2.05, 4.69) is 0 Å². The van der Waals surface area contributed by atoms with Crippen molar-refractivity contribution in [2.45, 2.75) is 31.4 Å². The molecule has 0 heterocycles. The third-order valence-electron chi connectivity index (χ3n) is 3.51. The Bertz CT molecular complexity index is 532. The van der Waals surface area contributed by atoms with Crippen LogP contribution in [0.2, 0.25) is 0 Å². The third-order valence-corrected chi connectivity index (χ3v) is 3.51.